The van der Waals surface area contributed by atoms with Gasteiger partial charge in [0.05, 0.1) is 31.1 Å². The molecule has 0 spiro atoms. The van der Waals surface area contributed by atoms with E-state index >= 15 is 0 Å². The molecule has 11 heteroatoms. The lowest BCUT2D eigenvalue weighted by molar-refractivity contribution is 0.0950. The molecule has 5 aromatic rings. The van der Waals surface area contributed by atoms with Crippen LogP contribution < -0.4 is 10.1 Å². The Hall–Kier alpha value is -4.54. The van der Waals surface area contributed by atoms with Crippen molar-refractivity contribution < 1.29 is 14.1 Å². The van der Waals surface area contributed by atoms with Crippen molar-refractivity contribution in [1.82, 2.24) is 40.3 Å². The number of aromatic amines is 1. The molecule has 0 atom stereocenters. The van der Waals surface area contributed by atoms with Crippen molar-refractivity contribution >= 4 is 11.6 Å². The first-order chi connectivity index (χ1) is 15.6. The molecule has 0 saturated carbocycles. The van der Waals surface area contributed by atoms with E-state index in [9.17, 15) is 4.79 Å². The molecule has 0 saturated heterocycles. The number of H-pyrrole nitrogens is 1. The number of rotatable bonds is 6. The average Bonchev–Trinajstić information content (AvgIpc) is 3.56. The molecule has 11 nitrogen and oxygen atoms in total. The number of fused-ring (bicyclic) bond motifs is 1. The van der Waals surface area contributed by atoms with Crippen molar-refractivity contribution in [2.45, 2.75) is 13.5 Å². The molecule has 0 aliphatic heterocycles. The monoisotopic (exact) mass is 430 g/mol. The van der Waals surface area contributed by atoms with E-state index in [1.807, 2.05) is 30.3 Å². The van der Waals surface area contributed by atoms with Crippen LogP contribution in [0.3, 0.4) is 0 Å². The molecule has 0 aliphatic rings. The molecular formula is C21H18N8O3. The fraction of sp³-hybridized carbons (Fsp3) is 0.143. The van der Waals surface area contributed by atoms with Gasteiger partial charge in [-0.1, -0.05) is 17.3 Å². The summed E-state index contributed by atoms with van der Waals surface area (Å²) in [6.07, 6.45) is 3.29. The van der Waals surface area contributed by atoms with E-state index in [0.717, 1.165) is 11.1 Å². The summed E-state index contributed by atoms with van der Waals surface area (Å²) in [6, 6.07) is 11.0. The topological polar surface area (TPSA) is 136 Å². The highest BCUT2D eigenvalue weighted by Gasteiger charge is 2.17. The Bertz CT molecular complexity index is 1420. The molecule has 0 fully saturated rings. The van der Waals surface area contributed by atoms with Crippen LogP contribution in [0.5, 0.6) is 5.75 Å². The zero-order valence-corrected chi connectivity index (χ0v) is 17.2. The van der Waals surface area contributed by atoms with Gasteiger partial charge >= 0.3 is 0 Å². The van der Waals surface area contributed by atoms with E-state index in [4.69, 9.17) is 9.26 Å². The first-order valence-corrected chi connectivity index (χ1v) is 9.72. The predicted octanol–water partition coefficient (Wildman–Crippen LogP) is 2.42. The molecule has 0 unspecified atom stereocenters. The number of ether oxygens (including phenoxy) is 1. The number of aromatic nitrogens is 7. The fourth-order valence-corrected chi connectivity index (χ4v) is 3.32. The first kappa shape index (κ1) is 19.4. The number of carbonyl (C=O) groups excluding carboxylic acids is 1. The molecule has 1 amide bonds. The smallest absolute Gasteiger partial charge is 0.258 e. The van der Waals surface area contributed by atoms with E-state index in [-0.39, 0.29) is 12.5 Å². The first-order valence-electron chi connectivity index (χ1n) is 9.72. The quantitative estimate of drug-likeness (QED) is 0.419. The van der Waals surface area contributed by atoms with Gasteiger partial charge < -0.3 is 14.6 Å². The SMILES string of the molecule is COc1cccc(-c2[nH]ncc2C(=O)NCc2nnc3cc(-c4nc(C)no4)ccn23)c1. The van der Waals surface area contributed by atoms with Gasteiger partial charge in [-0.2, -0.15) is 10.1 Å². The van der Waals surface area contributed by atoms with Crippen LogP contribution in [-0.4, -0.2) is 48.0 Å². The van der Waals surface area contributed by atoms with Crippen molar-refractivity contribution in [1.29, 1.82) is 0 Å². The van der Waals surface area contributed by atoms with Gasteiger partial charge in [-0.25, -0.2) is 0 Å². The minimum absolute atomic E-state index is 0.182. The zero-order chi connectivity index (χ0) is 22.1. The number of benzene rings is 1. The zero-order valence-electron chi connectivity index (χ0n) is 17.2. The number of hydrogen-bond acceptors (Lipinski definition) is 8. The van der Waals surface area contributed by atoms with Crippen LogP contribution in [0.1, 0.15) is 22.0 Å². The van der Waals surface area contributed by atoms with Gasteiger partial charge in [-0.3, -0.25) is 14.3 Å². The summed E-state index contributed by atoms with van der Waals surface area (Å²) in [5, 5.41) is 21.9. The number of amides is 1. The summed E-state index contributed by atoms with van der Waals surface area (Å²) in [7, 11) is 1.59. The predicted molar refractivity (Wildman–Crippen MR) is 113 cm³/mol. The third-order valence-electron chi connectivity index (χ3n) is 4.90. The summed E-state index contributed by atoms with van der Waals surface area (Å²) in [5.41, 5.74) is 3.15. The van der Waals surface area contributed by atoms with Gasteiger partial charge in [-0.05, 0) is 31.2 Å². The summed E-state index contributed by atoms with van der Waals surface area (Å²) in [4.78, 5) is 17.1. The van der Waals surface area contributed by atoms with Crippen LogP contribution in [-0.2, 0) is 6.54 Å². The normalized spacial score (nSPS) is 11.1. The Morgan fingerprint density at radius 2 is 2.12 bits per heavy atom. The molecule has 160 valence electrons. The van der Waals surface area contributed by atoms with Gasteiger partial charge in [0.25, 0.3) is 11.8 Å². The number of hydrogen-bond donors (Lipinski definition) is 2. The van der Waals surface area contributed by atoms with Crippen molar-refractivity contribution in [3.05, 3.63) is 66.0 Å². The molecular weight excluding hydrogens is 412 g/mol. The van der Waals surface area contributed by atoms with Crippen LogP contribution in [0.15, 0.2) is 53.3 Å². The summed E-state index contributed by atoms with van der Waals surface area (Å²) in [6.45, 7) is 1.94. The molecule has 2 N–H and O–H groups in total. The summed E-state index contributed by atoms with van der Waals surface area (Å²) in [5.74, 6) is 1.94. The molecule has 0 radical (unpaired) electrons. The number of carbonyl (C=O) groups is 1. The maximum absolute atomic E-state index is 12.8. The van der Waals surface area contributed by atoms with E-state index in [1.165, 1.54) is 6.20 Å². The van der Waals surface area contributed by atoms with Gasteiger partial charge in [-0.15, -0.1) is 10.2 Å². The van der Waals surface area contributed by atoms with Gasteiger partial charge in [0.1, 0.15) is 5.75 Å². The Kier molecular flexibility index (Phi) is 4.82. The van der Waals surface area contributed by atoms with E-state index in [1.54, 1.807) is 30.7 Å². The summed E-state index contributed by atoms with van der Waals surface area (Å²) >= 11 is 0. The molecule has 0 bridgehead atoms. The van der Waals surface area contributed by atoms with Crippen molar-refractivity contribution in [3.63, 3.8) is 0 Å². The minimum Gasteiger partial charge on any atom is -0.497 e. The van der Waals surface area contributed by atoms with Crippen LogP contribution in [0, 0.1) is 6.92 Å². The van der Waals surface area contributed by atoms with Gasteiger partial charge in [0, 0.05) is 17.3 Å². The highest BCUT2D eigenvalue weighted by molar-refractivity contribution is 5.99. The maximum atomic E-state index is 12.8. The molecule has 4 heterocycles. The third-order valence-corrected chi connectivity index (χ3v) is 4.90. The number of pyridine rings is 1. The van der Waals surface area contributed by atoms with Crippen LogP contribution in [0.2, 0.25) is 0 Å². The second-order valence-corrected chi connectivity index (χ2v) is 6.98. The highest BCUT2D eigenvalue weighted by Crippen LogP contribution is 2.25. The average molecular weight is 430 g/mol. The highest BCUT2D eigenvalue weighted by atomic mass is 16.5. The second kappa shape index (κ2) is 7.95. The van der Waals surface area contributed by atoms with Crippen molar-refractivity contribution in [3.8, 4) is 28.5 Å². The Balaban J connectivity index is 1.34. The van der Waals surface area contributed by atoms with Crippen LogP contribution in [0.25, 0.3) is 28.4 Å². The number of aryl methyl sites for hydroxylation is 1. The van der Waals surface area contributed by atoms with Crippen LogP contribution >= 0.6 is 0 Å². The van der Waals surface area contributed by atoms with Gasteiger partial charge in [0.15, 0.2) is 17.3 Å². The fourth-order valence-electron chi connectivity index (χ4n) is 3.32. The molecule has 4 aromatic heterocycles. The lowest BCUT2D eigenvalue weighted by Gasteiger charge is -2.07. The Morgan fingerprint density at radius 3 is 2.94 bits per heavy atom. The van der Waals surface area contributed by atoms with Crippen molar-refractivity contribution in [2.24, 2.45) is 0 Å². The molecule has 1 aromatic carbocycles. The number of methoxy groups -OCH3 is 1. The number of nitrogens with one attached hydrogen (secondary N) is 2. The minimum atomic E-state index is -0.286. The van der Waals surface area contributed by atoms with E-state index in [2.05, 4.69) is 35.9 Å². The summed E-state index contributed by atoms with van der Waals surface area (Å²) < 4.78 is 12.2. The molecule has 32 heavy (non-hydrogen) atoms. The number of nitrogens with zero attached hydrogens (tertiary/aromatic N) is 6. The van der Waals surface area contributed by atoms with E-state index in [0.29, 0.717) is 40.2 Å². The molecule has 0 aliphatic carbocycles. The second-order valence-electron chi connectivity index (χ2n) is 6.98. The van der Waals surface area contributed by atoms with Crippen molar-refractivity contribution in [2.75, 3.05) is 7.11 Å². The third kappa shape index (κ3) is 3.55. The largest absolute Gasteiger partial charge is 0.497 e. The Labute approximate surface area is 181 Å². The maximum Gasteiger partial charge on any atom is 0.258 e. The molecule has 5 rings (SSSR count). The van der Waals surface area contributed by atoms with Crippen LogP contribution in [0.4, 0.5) is 0 Å². The van der Waals surface area contributed by atoms with E-state index < -0.39 is 0 Å². The Morgan fingerprint density at radius 1 is 1.22 bits per heavy atom. The lowest BCUT2D eigenvalue weighted by atomic mass is 10.1. The van der Waals surface area contributed by atoms with Gasteiger partial charge in [0.2, 0.25) is 0 Å². The lowest BCUT2D eigenvalue weighted by Crippen LogP contribution is -2.24. The standard InChI is InChI=1S/C21H18N8O3/c1-12-24-21(32-28-12)14-6-7-29-17(9-14)25-26-18(29)11-22-20(30)16-10-23-27-19(16)13-4-3-5-15(8-13)31-2/h3-10H,11H2,1-2H3,(H,22,30)(H,23,27).